The van der Waals surface area contributed by atoms with Crippen molar-refractivity contribution >= 4 is 17.8 Å². The zero-order valence-electron chi connectivity index (χ0n) is 8.90. The minimum atomic E-state index is -1.12. The Labute approximate surface area is 92.9 Å². The number of unbranched alkanes of at least 4 members (excludes halogenated alkanes) is 1. The third-order valence-electron chi connectivity index (χ3n) is 1.63. The molecule has 0 bridgehead atoms. The lowest BCUT2D eigenvalue weighted by Crippen LogP contribution is -2.29. The van der Waals surface area contributed by atoms with Crippen LogP contribution in [0.15, 0.2) is 0 Å². The number of nitrogens with one attached hydrogen (secondary N) is 1. The molecular formula is C9H16N2O5. The Kier molecular flexibility index (Phi) is 7.78. The van der Waals surface area contributed by atoms with Gasteiger partial charge in [0.05, 0.1) is 0 Å². The Bertz CT molecular complexity index is 254. The lowest BCUT2D eigenvalue weighted by atomic mass is 10.2. The Morgan fingerprint density at radius 1 is 1.19 bits per heavy atom. The van der Waals surface area contributed by atoms with Gasteiger partial charge in [-0.1, -0.05) is 0 Å². The van der Waals surface area contributed by atoms with Crippen molar-refractivity contribution in [3.63, 3.8) is 0 Å². The van der Waals surface area contributed by atoms with E-state index in [2.05, 4.69) is 10.1 Å². The van der Waals surface area contributed by atoms with Crippen molar-refractivity contribution in [2.24, 2.45) is 5.73 Å². The fraction of sp³-hybridized carbons (Fsp3) is 0.667. The van der Waals surface area contributed by atoms with Crippen molar-refractivity contribution in [2.75, 3.05) is 19.8 Å². The molecule has 0 aliphatic rings. The summed E-state index contributed by atoms with van der Waals surface area (Å²) in [5, 5.41) is 10.7. The molecule has 0 spiro atoms. The SMILES string of the molecule is NC(=O)CCCCNC(=O)COCC(=O)O. The molecule has 0 aliphatic heterocycles. The fourth-order valence-electron chi connectivity index (χ4n) is 0.934. The largest absolute Gasteiger partial charge is 0.480 e. The number of aliphatic carboxylic acids is 1. The van der Waals surface area contributed by atoms with E-state index in [0.29, 0.717) is 25.8 Å². The summed E-state index contributed by atoms with van der Waals surface area (Å²) in [6.45, 7) is -0.347. The average molecular weight is 232 g/mol. The average Bonchev–Trinajstić information content (AvgIpc) is 2.16. The lowest BCUT2D eigenvalue weighted by Gasteiger charge is -2.04. The quantitative estimate of drug-likeness (QED) is 0.434. The van der Waals surface area contributed by atoms with Crippen LogP contribution in [-0.4, -0.2) is 42.6 Å². The van der Waals surface area contributed by atoms with Crippen LogP contribution in [0.4, 0.5) is 0 Å². The molecule has 0 rings (SSSR count). The first-order chi connectivity index (χ1) is 7.52. The highest BCUT2D eigenvalue weighted by Gasteiger charge is 2.03. The summed E-state index contributed by atoms with van der Waals surface area (Å²) >= 11 is 0. The summed E-state index contributed by atoms with van der Waals surface area (Å²) in [4.78, 5) is 31.4. The van der Waals surface area contributed by atoms with Gasteiger partial charge < -0.3 is 20.9 Å². The highest BCUT2D eigenvalue weighted by Crippen LogP contribution is 1.92. The van der Waals surface area contributed by atoms with E-state index in [4.69, 9.17) is 10.8 Å². The van der Waals surface area contributed by atoms with Crippen LogP contribution in [0, 0.1) is 0 Å². The van der Waals surface area contributed by atoms with Gasteiger partial charge in [0.1, 0.15) is 13.2 Å². The second-order valence-corrected chi connectivity index (χ2v) is 3.16. The van der Waals surface area contributed by atoms with Gasteiger partial charge in [0.15, 0.2) is 0 Å². The molecule has 0 aromatic carbocycles. The van der Waals surface area contributed by atoms with E-state index in [-0.39, 0.29) is 18.4 Å². The Morgan fingerprint density at radius 3 is 2.44 bits per heavy atom. The third-order valence-corrected chi connectivity index (χ3v) is 1.63. The van der Waals surface area contributed by atoms with Gasteiger partial charge in [-0.05, 0) is 12.8 Å². The monoisotopic (exact) mass is 232 g/mol. The number of primary amides is 1. The molecule has 0 aromatic heterocycles. The number of ether oxygens (including phenoxy) is 1. The van der Waals surface area contributed by atoms with E-state index in [1.807, 2.05) is 0 Å². The van der Waals surface area contributed by atoms with E-state index in [1.165, 1.54) is 0 Å². The predicted octanol–water partition coefficient (Wildman–Crippen LogP) is -1.14. The smallest absolute Gasteiger partial charge is 0.329 e. The third kappa shape index (κ3) is 10.5. The van der Waals surface area contributed by atoms with Crippen LogP contribution in [0.1, 0.15) is 19.3 Å². The van der Waals surface area contributed by atoms with Gasteiger partial charge in [-0.25, -0.2) is 4.79 Å². The maximum absolute atomic E-state index is 11.0. The maximum atomic E-state index is 11.0. The van der Waals surface area contributed by atoms with Gasteiger partial charge >= 0.3 is 5.97 Å². The molecule has 7 nitrogen and oxygen atoms in total. The number of carboxylic acid groups (broad SMARTS) is 1. The molecule has 0 radical (unpaired) electrons. The molecule has 0 saturated heterocycles. The van der Waals surface area contributed by atoms with Crippen LogP contribution in [0.25, 0.3) is 0 Å². The highest BCUT2D eigenvalue weighted by atomic mass is 16.5. The molecule has 0 atom stereocenters. The van der Waals surface area contributed by atoms with Crippen molar-refractivity contribution < 1.29 is 24.2 Å². The number of hydrogen-bond acceptors (Lipinski definition) is 4. The van der Waals surface area contributed by atoms with Crippen molar-refractivity contribution in [1.29, 1.82) is 0 Å². The summed E-state index contributed by atoms with van der Waals surface area (Å²) in [7, 11) is 0. The van der Waals surface area contributed by atoms with E-state index in [9.17, 15) is 14.4 Å². The zero-order valence-corrected chi connectivity index (χ0v) is 8.90. The first-order valence-electron chi connectivity index (χ1n) is 4.87. The number of nitrogens with two attached hydrogens (primary N) is 1. The topological polar surface area (TPSA) is 119 Å². The molecule has 4 N–H and O–H groups in total. The van der Waals surface area contributed by atoms with Crippen LogP contribution >= 0.6 is 0 Å². The lowest BCUT2D eigenvalue weighted by molar-refractivity contribution is -0.143. The fourth-order valence-corrected chi connectivity index (χ4v) is 0.934. The second kappa shape index (κ2) is 8.66. The molecule has 0 aromatic rings. The highest BCUT2D eigenvalue weighted by molar-refractivity contribution is 5.77. The van der Waals surface area contributed by atoms with Crippen molar-refractivity contribution in [2.45, 2.75) is 19.3 Å². The summed E-state index contributed by atoms with van der Waals surface area (Å²) in [5.41, 5.74) is 4.93. The summed E-state index contributed by atoms with van der Waals surface area (Å²) in [6, 6.07) is 0. The molecule has 0 heterocycles. The first-order valence-corrected chi connectivity index (χ1v) is 4.87. The number of hydrogen-bond donors (Lipinski definition) is 3. The molecule has 2 amide bonds. The Balaban J connectivity index is 3.30. The summed E-state index contributed by atoms with van der Waals surface area (Å²) < 4.78 is 4.57. The van der Waals surface area contributed by atoms with E-state index < -0.39 is 12.6 Å². The normalized spacial score (nSPS) is 9.75. The van der Waals surface area contributed by atoms with Crippen LogP contribution in [-0.2, 0) is 19.1 Å². The molecule has 0 saturated carbocycles. The van der Waals surface area contributed by atoms with Crippen LogP contribution in [0.2, 0.25) is 0 Å². The molecule has 0 aliphatic carbocycles. The summed E-state index contributed by atoms with van der Waals surface area (Å²) in [5.74, 6) is -1.86. The van der Waals surface area contributed by atoms with Crippen LogP contribution in [0.5, 0.6) is 0 Å². The van der Waals surface area contributed by atoms with Gasteiger partial charge in [-0.15, -0.1) is 0 Å². The Hall–Kier alpha value is -1.63. The van der Waals surface area contributed by atoms with Crippen molar-refractivity contribution in [3.05, 3.63) is 0 Å². The molecule has 16 heavy (non-hydrogen) atoms. The minimum absolute atomic E-state index is 0.276. The predicted molar refractivity (Wildman–Crippen MR) is 54.5 cm³/mol. The molecule has 92 valence electrons. The Morgan fingerprint density at radius 2 is 1.88 bits per heavy atom. The van der Waals surface area contributed by atoms with Crippen molar-refractivity contribution in [1.82, 2.24) is 5.32 Å². The van der Waals surface area contributed by atoms with Crippen LogP contribution < -0.4 is 11.1 Å². The number of carbonyl (C=O) groups is 3. The second-order valence-electron chi connectivity index (χ2n) is 3.16. The molecule has 0 fully saturated rings. The number of amides is 2. The standard InChI is InChI=1S/C9H16N2O5/c10-7(12)3-1-2-4-11-8(13)5-16-6-9(14)15/h1-6H2,(H2,10,12)(H,11,13)(H,14,15). The molecule has 0 unspecified atom stereocenters. The number of rotatable bonds is 9. The van der Waals surface area contributed by atoms with Gasteiger partial charge in [0, 0.05) is 13.0 Å². The zero-order chi connectivity index (χ0) is 12.4. The molecular weight excluding hydrogens is 216 g/mol. The number of carbonyl (C=O) groups excluding carboxylic acids is 2. The van der Waals surface area contributed by atoms with Crippen LogP contribution in [0.3, 0.4) is 0 Å². The van der Waals surface area contributed by atoms with Gasteiger partial charge in [-0.2, -0.15) is 0 Å². The summed E-state index contributed by atoms with van der Waals surface area (Å²) in [6.07, 6.45) is 1.56. The van der Waals surface area contributed by atoms with E-state index >= 15 is 0 Å². The molecule has 7 heteroatoms. The number of carboxylic acids is 1. The maximum Gasteiger partial charge on any atom is 0.329 e. The van der Waals surface area contributed by atoms with Gasteiger partial charge in [0.25, 0.3) is 0 Å². The van der Waals surface area contributed by atoms with E-state index in [1.54, 1.807) is 0 Å². The van der Waals surface area contributed by atoms with Crippen molar-refractivity contribution in [3.8, 4) is 0 Å². The van der Waals surface area contributed by atoms with Gasteiger partial charge in [-0.3, -0.25) is 9.59 Å². The van der Waals surface area contributed by atoms with Gasteiger partial charge in [0.2, 0.25) is 11.8 Å². The first kappa shape index (κ1) is 14.4. The minimum Gasteiger partial charge on any atom is -0.480 e. The van der Waals surface area contributed by atoms with E-state index in [0.717, 1.165) is 0 Å².